The number of nitrogen functional groups attached to an aromatic ring is 1. The number of morpholine rings is 1. The highest BCUT2D eigenvalue weighted by Gasteiger charge is 2.34. The van der Waals surface area contributed by atoms with Crippen molar-refractivity contribution < 1.29 is 9.53 Å². The molecule has 0 spiro atoms. The molecule has 0 saturated carbocycles. The fourth-order valence-corrected chi connectivity index (χ4v) is 4.61. The van der Waals surface area contributed by atoms with E-state index in [0.29, 0.717) is 31.0 Å². The van der Waals surface area contributed by atoms with Gasteiger partial charge in [-0.15, -0.1) is 0 Å². The monoisotopic (exact) mass is 388 g/mol. The van der Waals surface area contributed by atoms with Gasteiger partial charge in [-0.25, -0.2) is 4.98 Å². The van der Waals surface area contributed by atoms with Crippen molar-refractivity contribution in [3.63, 3.8) is 0 Å². The summed E-state index contributed by atoms with van der Waals surface area (Å²) < 4.78 is 5.39. The fraction of sp³-hybridized carbons (Fsp3) is 0.750. The van der Waals surface area contributed by atoms with Gasteiger partial charge in [-0.1, -0.05) is 0 Å². The van der Waals surface area contributed by atoms with Crippen LogP contribution in [0.4, 0.5) is 11.8 Å². The first-order valence-corrected chi connectivity index (χ1v) is 10.6. The van der Waals surface area contributed by atoms with E-state index in [0.717, 1.165) is 76.5 Å². The minimum absolute atomic E-state index is 0.144. The van der Waals surface area contributed by atoms with Crippen molar-refractivity contribution in [2.24, 2.45) is 5.92 Å². The molecule has 0 aliphatic carbocycles. The number of anilines is 2. The number of ether oxygens (including phenoxy) is 1. The number of nitrogens with zero attached hydrogens (tertiary/aromatic N) is 5. The molecule has 2 N–H and O–H groups in total. The molecule has 3 saturated heterocycles. The molecule has 3 aliphatic heterocycles. The topological polar surface area (TPSA) is 87.8 Å². The highest BCUT2D eigenvalue weighted by Crippen LogP contribution is 2.26. The summed E-state index contributed by atoms with van der Waals surface area (Å²) in [5, 5.41) is 0. The molecular formula is C20H32N6O2. The molecule has 154 valence electrons. The summed E-state index contributed by atoms with van der Waals surface area (Å²) >= 11 is 0. The van der Waals surface area contributed by atoms with Crippen molar-refractivity contribution in [3.05, 3.63) is 11.8 Å². The second-order valence-corrected chi connectivity index (χ2v) is 8.23. The van der Waals surface area contributed by atoms with Gasteiger partial charge in [0.25, 0.3) is 0 Å². The quantitative estimate of drug-likeness (QED) is 0.823. The second kappa shape index (κ2) is 8.61. The highest BCUT2D eigenvalue weighted by molar-refractivity contribution is 5.79. The van der Waals surface area contributed by atoms with Gasteiger partial charge in [-0.2, -0.15) is 4.98 Å². The van der Waals surface area contributed by atoms with E-state index in [4.69, 9.17) is 10.5 Å². The molecule has 4 rings (SSSR count). The molecule has 0 unspecified atom stereocenters. The van der Waals surface area contributed by atoms with Gasteiger partial charge in [0.2, 0.25) is 11.9 Å². The lowest BCUT2D eigenvalue weighted by Crippen LogP contribution is -2.52. The lowest BCUT2D eigenvalue weighted by molar-refractivity contribution is -0.141. The maximum Gasteiger partial charge on any atom is 0.227 e. The number of piperidine rings is 2. The van der Waals surface area contributed by atoms with Gasteiger partial charge in [0.15, 0.2) is 0 Å². The number of rotatable bonds is 3. The molecule has 0 radical (unpaired) electrons. The van der Waals surface area contributed by atoms with E-state index < -0.39 is 0 Å². The number of aryl methyl sites for hydroxylation is 1. The SMILES string of the molecule is Cc1cnc(N2CCC(N3CCC[C@@H](C(=O)N4CCOCC4)C3)CC2)nc1N. The Bertz CT molecular complexity index is 685. The number of nitrogens with two attached hydrogens (primary N) is 1. The molecule has 8 nitrogen and oxygen atoms in total. The summed E-state index contributed by atoms with van der Waals surface area (Å²) in [5.41, 5.74) is 6.87. The average molecular weight is 389 g/mol. The zero-order valence-corrected chi connectivity index (χ0v) is 16.8. The Morgan fingerprint density at radius 3 is 2.61 bits per heavy atom. The molecule has 28 heavy (non-hydrogen) atoms. The van der Waals surface area contributed by atoms with Gasteiger partial charge in [-0.05, 0) is 39.2 Å². The van der Waals surface area contributed by atoms with Crippen LogP contribution in [0, 0.1) is 12.8 Å². The van der Waals surface area contributed by atoms with E-state index in [9.17, 15) is 4.79 Å². The Morgan fingerprint density at radius 2 is 1.89 bits per heavy atom. The third kappa shape index (κ3) is 4.22. The van der Waals surface area contributed by atoms with Crippen molar-refractivity contribution in [3.8, 4) is 0 Å². The zero-order valence-electron chi connectivity index (χ0n) is 16.8. The van der Waals surface area contributed by atoms with Crippen LogP contribution >= 0.6 is 0 Å². The number of hydrogen-bond donors (Lipinski definition) is 1. The molecule has 1 amide bonds. The Hall–Kier alpha value is -1.93. The minimum Gasteiger partial charge on any atom is -0.383 e. The van der Waals surface area contributed by atoms with Crippen LogP contribution in [0.2, 0.25) is 0 Å². The van der Waals surface area contributed by atoms with Gasteiger partial charge in [-0.3, -0.25) is 9.69 Å². The van der Waals surface area contributed by atoms with Crippen LogP contribution in [0.3, 0.4) is 0 Å². The largest absolute Gasteiger partial charge is 0.383 e. The Labute approximate surface area is 167 Å². The van der Waals surface area contributed by atoms with E-state index in [1.54, 1.807) is 6.20 Å². The summed E-state index contributed by atoms with van der Waals surface area (Å²) in [6.45, 7) is 8.63. The standard InChI is InChI=1S/C20H32N6O2/c1-15-13-22-20(23-18(15)21)25-7-4-17(5-8-25)26-6-2-3-16(14-26)19(27)24-9-11-28-12-10-24/h13,16-17H,2-12,14H2,1H3,(H2,21,22,23)/t16-/m1/s1. The van der Waals surface area contributed by atoms with Crippen LogP contribution in [0.15, 0.2) is 6.20 Å². The first-order chi connectivity index (χ1) is 13.6. The number of hydrogen-bond acceptors (Lipinski definition) is 7. The summed E-state index contributed by atoms with van der Waals surface area (Å²) in [6, 6.07) is 0.541. The molecule has 4 heterocycles. The molecule has 3 fully saturated rings. The van der Waals surface area contributed by atoms with Crippen LogP contribution in [0.5, 0.6) is 0 Å². The Morgan fingerprint density at radius 1 is 1.14 bits per heavy atom. The van der Waals surface area contributed by atoms with Gasteiger partial charge in [0.1, 0.15) is 5.82 Å². The van der Waals surface area contributed by atoms with Gasteiger partial charge in [0.05, 0.1) is 19.1 Å². The summed E-state index contributed by atoms with van der Waals surface area (Å²) in [5.74, 6) is 1.77. The Balaban J connectivity index is 1.31. The predicted octanol–water partition coefficient (Wildman–Crippen LogP) is 0.907. The smallest absolute Gasteiger partial charge is 0.227 e. The van der Waals surface area contributed by atoms with Crippen molar-refractivity contribution in [2.45, 2.75) is 38.6 Å². The van der Waals surface area contributed by atoms with Crippen LogP contribution in [0.1, 0.15) is 31.2 Å². The summed E-state index contributed by atoms with van der Waals surface area (Å²) in [4.78, 5) is 28.6. The molecule has 1 aromatic rings. The van der Waals surface area contributed by atoms with E-state index in [-0.39, 0.29) is 5.92 Å². The number of carbonyl (C=O) groups excluding carboxylic acids is 1. The molecule has 0 bridgehead atoms. The second-order valence-electron chi connectivity index (χ2n) is 8.23. The van der Waals surface area contributed by atoms with Gasteiger partial charge < -0.3 is 20.3 Å². The van der Waals surface area contributed by atoms with E-state index >= 15 is 0 Å². The maximum atomic E-state index is 12.9. The van der Waals surface area contributed by atoms with Crippen LogP contribution in [-0.4, -0.2) is 84.2 Å². The maximum absolute atomic E-state index is 12.9. The lowest BCUT2D eigenvalue weighted by Gasteiger charge is -2.43. The lowest BCUT2D eigenvalue weighted by atomic mass is 9.92. The highest BCUT2D eigenvalue weighted by atomic mass is 16.5. The first kappa shape index (κ1) is 19.4. The van der Waals surface area contributed by atoms with Gasteiger partial charge in [0, 0.05) is 50.5 Å². The van der Waals surface area contributed by atoms with Crippen LogP contribution < -0.4 is 10.6 Å². The van der Waals surface area contributed by atoms with E-state index in [1.165, 1.54) is 0 Å². The van der Waals surface area contributed by atoms with Crippen molar-refractivity contribution >= 4 is 17.7 Å². The van der Waals surface area contributed by atoms with E-state index in [2.05, 4.69) is 19.8 Å². The normalized spacial score (nSPS) is 25.1. The first-order valence-electron chi connectivity index (χ1n) is 10.6. The zero-order chi connectivity index (χ0) is 19.5. The van der Waals surface area contributed by atoms with Crippen LogP contribution in [0.25, 0.3) is 0 Å². The number of carbonyl (C=O) groups is 1. The average Bonchev–Trinajstić information content (AvgIpc) is 2.76. The van der Waals surface area contributed by atoms with Crippen molar-refractivity contribution in [2.75, 3.05) is 63.1 Å². The molecule has 0 aromatic carbocycles. The third-order valence-corrected chi connectivity index (χ3v) is 6.39. The van der Waals surface area contributed by atoms with Crippen molar-refractivity contribution in [1.29, 1.82) is 0 Å². The van der Waals surface area contributed by atoms with Crippen molar-refractivity contribution in [1.82, 2.24) is 19.8 Å². The molecule has 3 aliphatic rings. The molecular weight excluding hydrogens is 356 g/mol. The van der Waals surface area contributed by atoms with Crippen LogP contribution in [-0.2, 0) is 9.53 Å². The van der Waals surface area contributed by atoms with Gasteiger partial charge >= 0.3 is 0 Å². The molecule has 1 aromatic heterocycles. The minimum atomic E-state index is 0.144. The molecule has 1 atom stereocenters. The summed E-state index contributed by atoms with van der Waals surface area (Å²) in [7, 11) is 0. The number of aromatic nitrogens is 2. The third-order valence-electron chi connectivity index (χ3n) is 6.39. The summed E-state index contributed by atoms with van der Waals surface area (Å²) in [6.07, 6.45) is 6.09. The number of likely N-dealkylation sites (tertiary alicyclic amines) is 1. The Kier molecular flexibility index (Phi) is 5.96. The molecule has 8 heteroatoms. The van der Waals surface area contributed by atoms with E-state index in [1.807, 2.05) is 11.8 Å². The predicted molar refractivity (Wildman–Crippen MR) is 108 cm³/mol. The fourth-order valence-electron chi connectivity index (χ4n) is 4.61. The number of amides is 1.